The number of amides is 1. The van der Waals surface area contributed by atoms with Gasteiger partial charge in [-0.15, -0.1) is 6.58 Å². The molecule has 0 aromatic carbocycles. The van der Waals surface area contributed by atoms with Crippen LogP contribution < -0.4 is 0 Å². The second kappa shape index (κ2) is 7.03. The minimum absolute atomic E-state index is 0.0335. The third-order valence-electron chi connectivity index (χ3n) is 3.16. The van der Waals surface area contributed by atoms with Crippen LogP contribution in [0.15, 0.2) is 12.7 Å². The zero-order valence-electron chi connectivity index (χ0n) is 11.1. The standard InChI is InChI=1S/C13H21NO4/c1-4-6-7-10-8-9-11(12(15)17-3)14(10)13(16)18-5-2/h4,10-11H,1,5-9H2,2-3H3/t10-,11-/m0/s1. The second-order valence-electron chi connectivity index (χ2n) is 4.24. The molecule has 0 unspecified atom stereocenters. The first kappa shape index (κ1) is 14.5. The van der Waals surface area contributed by atoms with Crippen molar-refractivity contribution in [1.82, 2.24) is 4.90 Å². The second-order valence-corrected chi connectivity index (χ2v) is 4.24. The van der Waals surface area contributed by atoms with Crippen molar-refractivity contribution in [2.75, 3.05) is 13.7 Å². The monoisotopic (exact) mass is 255 g/mol. The van der Waals surface area contributed by atoms with E-state index in [-0.39, 0.29) is 12.0 Å². The average Bonchev–Trinajstić information content (AvgIpc) is 2.79. The van der Waals surface area contributed by atoms with Crippen LogP contribution in [0, 0.1) is 0 Å². The summed E-state index contributed by atoms with van der Waals surface area (Å²) in [6.45, 7) is 5.72. The number of hydrogen-bond donors (Lipinski definition) is 0. The van der Waals surface area contributed by atoms with Crippen molar-refractivity contribution in [2.45, 2.75) is 44.7 Å². The van der Waals surface area contributed by atoms with Crippen LogP contribution >= 0.6 is 0 Å². The zero-order valence-corrected chi connectivity index (χ0v) is 11.1. The Morgan fingerprint density at radius 3 is 2.72 bits per heavy atom. The van der Waals surface area contributed by atoms with E-state index >= 15 is 0 Å². The van der Waals surface area contributed by atoms with Crippen molar-refractivity contribution < 1.29 is 19.1 Å². The van der Waals surface area contributed by atoms with Gasteiger partial charge >= 0.3 is 12.1 Å². The predicted molar refractivity (Wildman–Crippen MR) is 67.1 cm³/mol. The molecule has 0 saturated carbocycles. The van der Waals surface area contributed by atoms with Gasteiger partial charge < -0.3 is 9.47 Å². The van der Waals surface area contributed by atoms with Gasteiger partial charge in [0.1, 0.15) is 6.04 Å². The van der Waals surface area contributed by atoms with Gasteiger partial charge in [0.05, 0.1) is 13.7 Å². The predicted octanol–water partition coefficient (Wildman–Crippen LogP) is 2.12. The first-order chi connectivity index (χ1) is 8.65. The number of carbonyl (C=O) groups excluding carboxylic acids is 2. The van der Waals surface area contributed by atoms with Crippen LogP contribution in [0.2, 0.25) is 0 Å². The molecule has 0 N–H and O–H groups in total. The Hall–Kier alpha value is -1.52. The van der Waals surface area contributed by atoms with E-state index in [0.29, 0.717) is 13.0 Å². The van der Waals surface area contributed by atoms with Gasteiger partial charge in [0.25, 0.3) is 0 Å². The molecule has 1 heterocycles. The normalized spacial score (nSPS) is 22.7. The maximum atomic E-state index is 11.9. The molecule has 0 radical (unpaired) electrons. The minimum atomic E-state index is -0.510. The highest BCUT2D eigenvalue weighted by atomic mass is 16.6. The third kappa shape index (κ3) is 3.24. The van der Waals surface area contributed by atoms with Crippen LogP contribution in [-0.4, -0.2) is 42.8 Å². The lowest BCUT2D eigenvalue weighted by Crippen LogP contribution is -2.45. The van der Waals surface area contributed by atoms with E-state index in [1.54, 1.807) is 6.92 Å². The molecular formula is C13H21NO4. The van der Waals surface area contributed by atoms with Crippen molar-refractivity contribution in [3.63, 3.8) is 0 Å². The molecule has 1 aliphatic heterocycles. The summed E-state index contributed by atoms with van der Waals surface area (Å²) in [6, 6.07) is -0.477. The fourth-order valence-corrected chi connectivity index (χ4v) is 2.32. The highest BCUT2D eigenvalue weighted by Gasteiger charge is 2.41. The van der Waals surface area contributed by atoms with Gasteiger partial charge in [-0.05, 0) is 32.6 Å². The first-order valence-corrected chi connectivity index (χ1v) is 6.29. The number of allylic oxidation sites excluding steroid dienone is 1. The smallest absolute Gasteiger partial charge is 0.410 e. The molecule has 0 bridgehead atoms. The highest BCUT2D eigenvalue weighted by Crippen LogP contribution is 2.28. The quantitative estimate of drug-likeness (QED) is 0.557. The van der Waals surface area contributed by atoms with Gasteiger partial charge in [-0.3, -0.25) is 4.90 Å². The van der Waals surface area contributed by atoms with E-state index in [1.807, 2.05) is 6.08 Å². The molecule has 2 atom stereocenters. The summed E-state index contributed by atoms with van der Waals surface area (Å²) < 4.78 is 9.75. The largest absolute Gasteiger partial charge is 0.467 e. The van der Waals surface area contributed by atoms with E-state index in [0.717, 1.165) is 19.3 Å². The minimum Gasteiger partial charge on any atom is -0.467 e. The maximum absolute atomic E-state index is 11.9. The fraction of sp³-hybridized carbons (Fsp3) is 0.692. The number of esters is 1. The number of carbonyl (C=O) groups is 2. The Bertz CT molecular complexity index is 316. The molecule has 5 heteroatoms. The number of rotatable bonds is 5. The molecule has 18 heavy (non-hydrogen) atoms. The maximum Gasteiger partial charge on any atom is 0.410 e. The molecule has 1 amide bonds. The summed E-state index contributed by atoms with van der Waals surface area (Å²) in [6.07, 6.45) is 4.43. The van der Waals surface area contributed by atoms with Crippen molar-refractivity contribution in [3.8, 4) is 0 Å². The van der Waals surface area contributed by atoms with E-state index in [1.165, 1.54) is 12.0 Å². The molecule has 0 aromatic rings. The SMILES string of the molecule is C=CCC[C@H]1CC[C@@H](C(=O)OC)N1C(=O)OCC. The lowest BCUT2D eigenvalue weighted by Gasteiger charge is -2.27. The van der Waals surface area contributed by atoms with Gasteiger partial charge in [0.15, 0.2) is 0 Å². The number of hydrogen-bond acceptors (Lipinski definition) is 4. The summed E-state index contributed by atoms with van der Waals surface area (Å²) in [7, 11) is 1.34. The summed E-state index contributed by atoms with van der Waals surface area (Å²) in [5, 5.41) is 0. The van der Waals surface area contributed by atoms with Gasteiger partial charge in [0.2, 0.25) is 0 Å². The van der Waals surface area contributed by atoms with Gasteiger partial charge in [-0.2, -0.15) is 0 Å². The number of likely N-dealkylation sites (tertiary alicyclic amines) is 1. The Morgan fingerprint density at radius 1 is 1.44 bits per heavy atom. The van der Waals surface area contributed by atoms with Crippen LogP contribution in [0.3, 0.4) is 0 Å². The van der Waals surface area contributed by atoms with Crippen molar-refractivity contribution in [3.05, 3.63) is 12.7 Å². The van der Waals surface area contributed by atoms with Crippen LogP contribution in [0.4, 0.5) is 4.79 Å². The van der Waals surface area contributed by atoms with Gasteiger partial charge in [0, 0.05) is 6.04 Å². The molecule has 1 saturated heterocycles. The summed E-state index contributed by atoms with van der Waals surface area (Å²) >= 11 is 0. The summed E-state index contributed by atoms with van der Waals surface area (Å²) in [5.74, 6) is -0.371. The molecule has 0 aromatic heterocycles. The summed E-state index contributed by atoms with van der Waals surface area (Å²) in [4.78, 5) is 25.1. The van der Waals surface area contributed by atoms with Gasteiger partial charge in [-0.1, -0.05) is 6.08 Å². The van der Waals surface area contributed by atoms with Crippen LogP contribution in [0.25, 0.3) is 0 Å². The Balaban J connectivity index is 2.77. The van der Waals surface area contributed by atoms with Crippen LogP contribution in [0.1, 0.15) is 32.6 Å². The van der Waals surface area contributed by atoms with E-state index in [9.17, 15) is 9.59 Å². The molecule has 0 aliphatic carbocycles. The lowest BCUT2D eigenvalue weighted by atomic mass is 10.1. The van der Waals surface area contributed by atoms with Gasteiger partial charge in [-0.25, -0.2) is 9.59 Å². The molecule has 1 rings (SSSR count). The Kier molecular flexibility index (Phi) is 5.68. The first-order valence-electron chi connectivity index (χ1n) is 6.29. The molecular weight excluding hydrogens is 234 g/mol. The van der Waals surface area contributed by atoms with E-state index in [2.05, 4.69) is 6.58 Å². The molecule has 1 aliphatic rings. The molecule has 102 valence electrons. The molecule has 1 fully saturated rings. The topological polar surface area (TPSA) is 55.8 Å². The summed E-state index contributed by atoms with van der Waals surface area (Å²) in [5.41, 5.74) is 0. The van der Waals surface area contributed by atoms with E-state index in [4.69, 9.17) is 9.47 Å². The van der Waals surface area contributed by atoms with E-state index < -0.39 is 12.1 Å². The molecule has 5 nitrogen and oxygen atoms in total. The van der Waals surface area contributed by atoms with Crippen molar-refractivity contribution >= 4 is 12.1 Å². The van der Waals surface area contributed by atoms with Crippen LogP contribution in [-0.2, 0) is 14.3 Å². The zero-order chi connectivity index (χ0) is 13.5. The van der Waals surface area contributed by atoms with Crippen molar-refractivity contribution in [1.29, 1.82) is 0 Å². The lowest BCUT2D eigenvalue weighted by molar-refractivity contribution is -0.145. The average molecular weight is 255 g/mol. The fourth-order valence-electron chi connectivity index (χ4n) is 2.32. The van der Waals surface area contributed by atoms with Crippen LogP contribution in [0.5, 0.6) is 0 Å². The number of methoxy groups -OCH3 is 1. The van der Waals surface area contributed by atoms with Crippen molar-refractivity contribution in [2.24, 2.45) is 0 Å². The Morgan fingerprint density at radius 2 is 2.17 bits per heavy atom. The number of ether oxygens (including phenoxy) is 2. The molecule has 0 spiro atoms. The highest BCUT2D eigenvalue weighted by molar-refractivity contribution is 5.82. The third-order valence-corrected chi connectivity index (χ3v) is 3.16. The number of nitrogens with zero attached hydrogens (tertiary/aromatic N) is 1. The Labute approximate surface area is 108 Å².